The first-order valence-corrected chi connectivity index (χ1v) is 11.1. The third-order valence-corrected chi connectivity index (χ3v) is 5.80. The Balaban J connectivity index is 1.54. The van der Waals surface area contributed by atoms with Crippen LogP contribution in [0.25, 0.3) is 11.1 Å². The largest absolute Gasteiger partial charge is 0.494 e. The fourth-order valence-corrected chi connectivity index (χ4v) is 4.01. The maximum Gasteiger partial charge on any atom is 0.119 e. The Morgan fingerprint density at radius 2 is 1.46 bits per heavy atom. The number of benzene rings is 2. The summed E-state index contributed by atoms with van der Waals surface area (Å²) in [4.78, 5) is 0. The van der Waals surface area contributed by atoms with Gasteiger partial charge in [-0.2, -0.15) is 0 Å². The molecule has 1 nitrogen and oxygen atoms in total. The molecule has 1 heteroatoms. The second-order valence-corrected chi connectivity index (χ2v) is 8.08. The van der Waals surface area contributed by atoms with E-state index < -0.39 is 0 Å². The van der Waals surface area contributed by atoms with Gasteiger partial charge in [-0.3, -0.25) is 0 Å². The molecule has 0 amide bonds. The zero-order valence-corrected chi connectivity index (χ0v) is 17.5. The molecule has 1 fully saturated rings. The van der Waals surface area contributed by atoms with Crippen molar-refractivity contribution in [2.24, 2.45) is 11.8 Å². The van der Waals surface area contributed by atoms with E-state index >= 15 is 0 Å². The number of rotatable bonds is 7. The quantitative estimate of drug-likeness (QED) is 0.360. The molecule has 0 atom stereocenters. The second kappa shape index (κ2) is 11.0. The van der Waals surface area contributed by atoms with E-state index in [1.54, 1.807) is 0 Å². The summed E-state index contributed by atoms with van der Waals surface area (Å²) in [6.45, 7) is 5.27. The van der Waals surface area contributed by atoms with Gasteiger partial charge >= 0.3 is 0 Å². The van der Waals surface area contributed by atoms with Crippen molar-refractivity contribution >= 4 is 0 Å². The molecule has 1 aliphatic carbocycles. The average molecular weight is 375 g/mol. The highest BCUT2D eigenvalue weighted by atomic mass is 16.5. The first-order chi connectivity index (χ1) is 13.8. The van der Waals surface area contributed by atoms with E-state index in [9.17, 15) is 0 Å². The Hall–Kier alpha value is -2.20. The maximum atomic E-state index is 5.75. The molecule has 0 bridgehead atoms. The minimum absolute atomic E-state index is 0.591. The summed E-state index contributed by atoms with van der Waals surface area (Å²) in [7, 11) is 0. The molecule has 28 heavy (non-hydrogen) atoms. The normalized spacial score (nSPS) is 18.9. The number of ether oxygens (including phenoxy) is 1. The van der Waals surface area contributed by atoms with E-state index in [1.807, 2.05) is 0 Å². The molecule has 2 aromatic carbocycles. The Bertz CT molecular complexity index is 753. The van der Waals surface area contributed by atoms with Gasteiger partial charge < -0.3 is 4.74 Å². The Morgan fingerprint density at radius 3 is 2.07 bits per heavy atom. The number of hydrogen-bond donors (Lipinski definition) is 0. The van der Waals surface area contributed by atoms with E-state index in [0.717, 1.165) is 36.7 Å². The standard InChI is InChI=1S/C27H34O/c1-3-5-21-28-27-19-17-26(18-20-27)25-15-13-24(14-16-25)12-11-23-9-7-22(6-4-2)8-10-23/h13-20,22-23H,3-10,21H2,1-2H3. The molecule has 148 valence electrons. The Labute approximate surface area is 171 Å². The van der Waals surface area contributed by atoms with Gasteiger partial charge in [0.2, 0.25) is 0 Å². The van der Waals surface area contributed by atoms with Gasteiger partial charge in [0.05, 0.1) is 6.61 Å². The van der Waals surface area contributed by atoms with Crippen LogP contribution in [0.15, 0.2) is 48.5 Å². The van der Waals surface area contributed by atoms with E-state index in [-0.39, 0.29) is 0 Å². The van der Waals surface area contributed by atoms with Gasteiger partial charge in [-0.1, -0.05) is 69.2 Å². The van der Waals surface area contributed by atoms with Crippen LogP contribution < -0.4 is 4.74 Å². The molecule has 0 spiro atoms. The molecule has 1 saturated carbocycles. The summed E-state index contributed by atoms with van der Waals surface area (Å²) >= 11 is 0. The second-order valence-electron chi connectivity index (χ2n) is 8.08. The zero-order valence-electron chi connectivity index (χ0n) is 17.5. The van der Waals surface area contributed by atoms with Crippen LogP contribution in [0, 0.1) is 23.7 Å². The van der Waals surface area contributed by atoms with E-state index in [4.69, 9.17) is 4.74 Å². The summed E-state index contributed by atoms with van der Waals surface area (Å²) < 4.78 is 5.75. The van der Waals surface area contributed by atoms with E-state index in [0.29, 0.717) is 5.92 Å². The summed E-state index contributed by atoms with van der Waals surface area (Å²) in [6, 6.07) is 17.0. The van der Waals surface area contributed by atoms with Crippen molar-refractivity contribution in [2.45, 2.75) is 65.2 Å². The topological polar surface area (TPSA) is 9.23 Å². The summed E-state index contributed by atoms with van der Waals surface area (Å²) in [5.74, 6) is 9.43. The predicted octanol–water partition coefficient (Wildman–Crippen LogP) is 7.49. The van der Waals surface area contributed by atoms with E-state index in [1.165, 1.54) is 49.7 Å². The lowest BCUT2D eigenvalue weighted by Crippen LogP contribution is -2.13. The minimum atomic E-state index is 0.591. The van der Waals surface area contributed by atoms with Crippen molar-refractivity contribution in [3.05, 3.63) is 54.1 Å². The summed E-state index contributed by atoms with van der Waals surface area (Å²) in [5, 5.41) is 0. The molecular formula is C27H34O. The summed E-state index contributed by atoms with van der Waals surface area (Å²) in [6.07, 6.45) is 10.3. The first kappa shape index (κ1) is 20.5. The number of unbranched alkanes of at least 4 members (excludes halogenated alkanes) is 1. The van der Waals surface area contributed by atoms with Gasteiger partial charge in [-0.15, -0.1) is 0 Å². The van der Waals surface area contributed by atoms with Crippen LogP contribution in [-0.4, -0.2) is 6.61 Å². The highest BCUT2D eigenvalue weighted by Gasteiger charge is 2.18. The summed E-state index contributed by atoms with van der Waals surface area (Å²) in [5.41, 5.74) is 3.57. The highest BCUT2D eigenvalue weighted by molar-refractivity contribution is 5.65. The van der Waals surface area contributed by atoms with Crippen molar-refractivity contribution in [2.75, 3.05) is 6.61 Å². The van der Waals surface area contributed by atoms with Crippen molar-refractivity contribution in [1.82, 2.24) is 0 Å². The van der Waals surface area contributed by atoms with Gasteiger partial charge in [0.25, 0.3) is 0 Å². The first-order valence-electron chi connectivity index (χ1n) is 11.1. The highest BCUT2D eigenvalue weighted by Crippen LogP contribution is 2.31. The van der Waals surface area contributed by atoms with Crippen LogP contribution in [0.2, 0.25) is 0 Å². The third-order valence-electron chi connectivity index (χ3n) is 5.80. The molecule has 0 radical (unpaired) electrons. The molecule has 0 saturated heterocycles. The van der Waals surface area contributed by atoms with Gasteiger partial charge in [0, 0.05) is 11.5 Å². The third kappa shape index (κ3) is 6.16. The van der Waals surface area contributed by atoms with Crippen LogP contribution in [0.1, 0.15) is 70.8 Å². The van der Waals surface area contributed by atoms with Crippen LogP contribution in [0.4, 0.5) is 0 Å². The van der Waals surface area contributed by atoms with Crippen molar-refractivity contribution in [1.29, 1.82) is 0 Å². The monoisotopic (exact) mass is 374 g/mol. The smallest absolute Gasteiger partial charge is 0.119 e. The van der Waals surface area contributed by atoms with Crippen LogP contribution in [-0.2, 0) is 0 Å². The predicted molar refractivity (Wildman–Crippen MR) is 120 cm³/mol. The molecule has 1 aliphatic rings. The average Bonchev–Trinajstić information content (AvgIpc) is 2.75. The van der Waals surface area contributed by atoms with Crippen LogP contribution in [0.3, 0.4) is 0 Å². The fraction of sp³-hybridized carbons (Fsp3) is 0.481. The lowest BCUT2D eigenvalue weighted by atomic mass is 9.80. The van der Waals surface area contributed by atoms with Crippen molar-refractivity contribution in [3.8, 4) is 28.7 Å². The molecule has 0 aromatic heterocycles. The zero-order chi connectivity index (χ0) is 19.6. The molecule has 0 aliphatic heterocycles. The van der Waals surface area contributed by atoms with Crippen molar-refractivity contribution < 1.29 is 4.74 Å². The molecule has 0 unspecified atom stereocenters. The molecule has 0 heterocycles. The SMILES string of the molecule is CCCCOc1ccc(-c2ccc(C#CC3CCC(CCC)CC3)cc2)cc1. The van der Waals surface area contributed by atoms with Gasteiger partial charge in [0.1, 0.15) is 5.75 Å². The van der Waals surface area contributed by atoms with E-state index in [2.05, 4.69) is 74.2 Å². The van der Waals surface area contributed by atoms with Crippen LogP contribution in [0.5, 0.6) is 5.75 Å². The van der Waals surface area contributed by atoms with Gasteiger partial charge in [0.15, 0.2) is 0 Å². The minimum Gasteiger partial charge on any atom is -0.494 e. The lowest BCUT2D eigenvalue weighted by Gasteiger charge is -2.25. The molecular weight excluding hydrogens is 340 g/mol. The molecule has 2 aromatic rings. The number of hydrogen-bond acceptors (Lipinski definition) is 1. The maximum absolute atomic E-state index is 5.75. The Morgan fingerprint density at radius 1 is 0.821 bits per heavy atom. The lowest BCUT2D eigenvalue weighted by molar-refractivity contribution is 0.300. The Kier molecular flexibility index (Phi) is 8.04. The molecule has 0 N–H and O–H groups in total. The van der Waals surface area contributed by atoms with Crippen molar-refractivity contribution in [3.63, 3.8) is 0 Å². The van der Waals surface area contributed by atoms with Gasteiger partial charge in [-0.25, -0.2) is 0 Å². The molecule has 3 rings (SSSR count). The fourth-order valence-electron chi connectivity index (χ4n) is 4.01. The van der Waals surface area contributed by atoms with Crippen LogP contribution >= 0.6 is 0 Å². The van der Waals surface area contributed by atoms with Gasteiger partial charge in [-0.05, 0) is 73.4 Å².